The highest BCUT2D eigenvalue weighted by molar-refractivity contribution is 5.93. The number of nitrogens with one attached hydrogen (secondary N) is 1. The second kappa shape index (κ2) is 7.42. The summed E-state index contributed by atoms with van der Waals surface area (Å²) in [4.78, 5) is 12.1. The van der Waals surface area contributed by atoms with Gasteiger partial charge in [0, 0.05) is 5.56 Å². The van der Waals surface area contributed by atoms with Crippen LogP contribution in [0.5, 0.6) is 5.75 Å². The standard InChI is InChI=1S/C18H18FNO4/c19-14-5-2-12(3-6-14)10-17(22)20-15-11-13(4-7-16(15)21)18-23-8-1-9-24-18/h2-7,11,18,21H,1,8-10H2,(H,20,22). The molecule has 2 N–H and O–H groups in total. The number of ether oxygens (including phenoxy) is 2. The Morgan fingerprint density at radius 3 is 2.58 bits per heavy atom. The molecule has 1 saturated heterocycles. The highest BCUT2D eigenvalue weighted by Crippen LogP contribution is 2.30. The first-order chi connectivity index (χ1) is 11.6. The van der Waals surface area contributed by atoms with Crippen LogP contribution in [-0.4, -0.2) is 24.2 Å². The van der Waals surface area contributed by atoms with E-state index in [1.807, 2.05) is 0 Å². The van der Waals surface area contributed by atoms with Gasteiger partial charge in [0.15, 0.2) is 6.29 Å². The molecule has 2 aromatic rings. The molecule has 0 atom stereocenters. The molecule has 0 aromatic heterocycles. The van der Waals surface area contributed by atoms with Gasteiger partial charge in [0.1, 0.15) is 11.6 Å². The van der Waals surface area contributed by atoms with Crippen LogP contribution in [0.2, 0.25) is 0 Å². The Hall–Kier alpha value is -2.44. The number of rotatable bonds is 4. The van der Waals surface area contributed by atoms with Crippen molar-refractivity contribution >= 4 is 11.6 Å². The molecule has 3 rings (SSSR count). The summed E-state index contributed by atoms with van der Waals surface area (Å²) in [6.45, 7) is 1.22. The maximum absolute atomic E-state index is 12.9. The lowest BCUT2D eigenvalue weighted by molar-refractivity contribution is -0.183. The molecule has 126 valence electrons. The van der Waals surface area contributed by atoms with Gasteiger partial charge in [-0.1, -0.05) is 18.2 Å². The number of phenols is 1. The van der Waals surface area contributed by atoms with Crippen LogP contribution in [0.25, 0.3) is 0 Å². The lowest BCUT2D eigenvalue weighted by Crippen LogP contribution is -2.18. The van der Waals surface area contributed by atoms with Crippen LogP contribution in [-0.2, 0) is 20.7 Å². The lowest BCUT2D eigenvalue weighted by atomic mass is 10.1. The highest BCUT2D eigenvalue weighted by atomic mass is 19.1. The van der Waals surface area contributed by atoms with E-state index < -0.39 is 6.29 Å². The minimum atomic E-state index is -0.493. The Balaban J connectivity index is 1.69. The third-order valence-corrected chi connectivity index (χ3v) is 3.67. The molecule has 1 heterocycles. The predicted octanol–water partition coefficient (Wildman–Crippen LogP) is 3.15. The molecule has 1 aliphatic heterocycles. The van der Waals surface area contributed by atoms with Crippen molar-refractivity contribution in [2.75, 3.05) is 18.5 Å². The number of amides is 1. The van der Waals surface area contributed by atoms with Crippen LogP contribution in [0.4, 0.5) is 10.1 Å². The van der Waals surface area contributed by atoms with Gasteiger partial charge < -0.3 is 19.9 Å². The zero-order valence-corrected chi connectivity index (χ0v) is 13.0. The van der Waals surface area contributed by atoms with Crippen LogP contribution < -0.4 is 5.32 Å². The number of hydrogen-bond acceptors (Lipinski definition) is 4. The Bertz CT molecular complexity index is 711. The topological polar surface area (TPSA) is 67.8 Å². The minimum Gasteiger partial charge on any atom is -0.506 e. The summed E-state index contributed by atoms with van der Waals surface area (Å²) in [7, 11) is 0. The zero-order chi connectivity index (χ0) is 16.9. The van der Waals surface area contributed by atoms with Crippen LogP contribution in [0.1, 0.15) is 23.8 Å². The van der Waals surface area contributed by atoms with Gasteiger partial charge in [0.2, 0.25) is 5.91 Å². The largest absolute Gasteiger partial charge is 0.506 e. The number of benzene rings is 2. The molecule has 1 amide bonds. The fourth-order valence-corrected chi connectivity index (χ4v) is 2.46. The molecule has 0 aliphatic carbocycles. The lowest BCUT2D eigenvalue weighted by Gasteiger charge is -2.24. The van der Waals surface area contributed by atoms with Crippen LogP contribution in [0.15, 0.2) is 42.5 Å². The molecule has 0 radical (unpaired) electrons. The second-order valence-electron chi connectivity index (χ2n) is 5.56. The number of anilines is 1. The fourth-order valence-electron chi connectivity index (χ4n) is 2.46. The van der Waals surface area contributed by atoms with E-state index >= 15 is 0 Å². The van der Waals surface area contributed by atoms with Gasteiger partial charge in [0.05, 0.1) is 25.3 Å². The molecule has 0 saturated carbocycles. The molecule has 1 fully saturated rings. The van der Waals surface area contributed by atoms with Crippen molar-refractivity contribution in [2.45, 2.75) is 19.1 Å². The maximum Gasteiger partial charge on any atom is 0.228 e. The van der Waals surface area contributed by atoms with E-state index in [0.717, 1.165) is 12.0 Å². The Morgan fingerprint density at radius 2 is 1.88 bits per heavy atom. The van der Waals surface area contributed by atoms with Gasteiger partial charge in [-0.2, -0.15) is 0 Å². The maximum atomic E-state index is 12.9. The van der Waals surface area contributed by atoms with E-state index in [2.05, 4.69) is 5.32 Å². The van der Waals surface area contributed by atoms with Crippen molar-refractivity contribution in [1.29, 1.82) is 0 Å². The monoisotopic (exact) mass is 331 g/mol. The first-order valence-electron chi connectivity index (χ1n) is 7.72. The molecule has 2 aromatic carbocycles. The average Bonchev–Trinajstić information content (AvgIpc) is 2.60. The fraction of sp³-hybridized carbons (Fsp3) is 0.278. The molecular formula is C18H18FNO4. The van der Waals surface area contributed by atoms with Gasteiger partial charge in [-0.15, -0.1) is 0 Å². The van der Waals surface area contributed by atoms with Crippen molar-refractivity contribution < 1.29 is 23.8 Å². The third kappa shape index (κ3) is 4.10. The SMILES string of the molecule is O=C(Cc1ccc(F)cc1)Nc1cc(C2OCCCO2)ccc1O. The van der Waals surface area contributed by atoms with Crippen molar-refractivity contribution in [2.24, 2.45) is 0 Å². The highest BCUT2D eigenvalue weighted by Gasteiger charge is 2.18. The van der Waals surface area contributed by atoms with Crippen LogP contribution in [0.3, 0.4) is 0 Å². The summed E-state index contributed by atoms with van der Waals surface area (Å²) in [6, 6.07) is 10.5. The molecule has 5 nitrogen and oxygen atoms in total. The van der Waals surface area contributed by atoms with E-state index in [4.69, 9.17) is 9.47 Å². The summed E-state index contributed by atoms with van der Waals surface area (Å²) >= 11 is 0. The van der Waals surface area contributed by atoms with Crippen molar-refractivity contribution in [1.82, 2.24) is 0 Å². The van der Waals surface area contributed by atoms with Gasteiger partial charge in [-0.25, -0.2) is 4.39 Å². The number of aromatic hydroxyl groups is 1. The normalized spacial score (nSPS) is 15.2. The van der Waals surface area contributed by atoms with Crippen LogP contribution >= 0.6 is 0 Å². The summed E-state index contributed by atoms with van der Waals surface area (Å²) < 4.78 is 23.9. The summed E-state index contributed by atoms with van der Waals surface area (Å²) in [5.41, 5.74) is 1.70. The van der Waals surface area contributed by atoms with E-state index in [9.17, 15) is 14.3 Å². The summed E-state index contributed by atoms with van der Waals surface area (Å²) in [5, 5.41) is 12.6. The second-order valence-corrected chi connectivity index (χ2v) is 5.56. The molecule has 6 heteroatoms. The number of halogens is 1. The molecule has 0 bridgehead atoms. The van der Waals surface area contributed by atoms with Crippen LogP contribution in [0, 0.1) is 5.82 Å². The summed E-state index contributed by atoms with van der Waals surface area (Å²) in [6.07, 6.45) is 0.433. The number of phenolic OH excluding ortho intramolecular Hbond substituents is 1. The van der Waals surface area contributed by atoms with E-state index in [-0.39, 0.29) is 29.6 Å². The first kappa shape index (κ1) is 16.4. The average molecular weight is 331 g/mol. The summed E-state index contributed by atoms with van der Waals surface area (Å²) in [5.74, 6) is -0.696. The molecule has 24 heavy (non-hydrogen) atoms. The van der Waals surface area contributed by atoms with Crippen molar-refractivity contribution in [3.63, 3.8) is 0 Å². The molecule has 1 aliphatic rings. The van der Waals surface area contributed by atoms with E-state index in [0.29, 0.717) is 18.8 Å². The number of carbonyl (C=O) groups is 1. The smallest absolute Gasteiger partial charge is 0.228 e. The predicted molar refractivity (Wildman–Crippen MR) is 86.1 cm³/mol. The third-order valence-electron chi connectivity index (χ3n) is 3.67. The van der Waals surface area contributed by atoms with Gasteiger partial charge in [0.25, 0.3) is 0 Å². The zero-order valence-electron chi connectivity index (χ0n) is 13.0. The van der Waals surface area contributed by atoms with E-state index in [1.54, 1.807) is 24.3 Å². The van der Waals surface area contributed by atoms with E-state index in [1.165, 1.54) is 18.2 Å². The Kier molecular flexibility index (Phi) is 5.08. The Labute approximate surface area is 139 Å². The molecular weight excluding hydrogens is 313 g/mol. The van der Waals surface area contributed by atoms with Gasteiger partial charge >= 0.3 is 0 Å². The van der Waals surface area contributed by atoms with Crippen molar-refractivity contribution in [3.05, 3.63) is 59.4 Å². The number of hydrogen-bond donors (Lipinski definition) is 2. The first-order valence-corrected chi connectivity index (χ1v) is 7.72. The van der Waals surface area contributed by atoms with Gasteiger partial charge in [-0.05, 0) is 36.2 Å². The van der Waals surface area contributed by atoms with Crippen molar-refractivity contribution in [3.8, 4) is 5.75 Å². The molecule has 0 unspecified atom stereocenters. The minimum absolute atomic E-state index is 0.0398. The Morgan fingerprint density at radius 1 is 1.17 bits per heavy atom. The van der Waals surface area contributed by atoms with Gasteiger partial charge in [-0.3, -0.25) is 4.79 Å². The number of carbonyl (C=O) groups excluding carboxylic acids is 1. The molecule has 0 spiro atoms. The quantitative estimate of drug-likeness (QED) is 0.845.